The average Bonchev–Trinajstić information content (AvgIpc) is 3.03. The van der Waals surface area contributed by atoms with Crippen molar-refractivity contribution in [1.82, 2.24) is 14.8 Å². The van der Waals surface area contributed by atoms with Gasteiger partial charge < -0.3 is 9.52 Å². The van der Waals surface area contributed by atoms with Gasteiger partial charge in [-0.05, 0) is 18.6 Å². The number of thioether (sulfide) groups is 1. The molecule has 20 heavy (non-hydrogen) atoms. The predicted octanol–water partition coefficient (Wildman–Crippen LogP) is 2.69. The van der Waals surface area contributed by atoms with E-state index < -0.39 is 5.97 Å². The van der Waals surface area contributed by atoms with Crippen LogP contribution in [0, 0.1) is 0 Å². The van der Waals surface area contributed by atoms with Crippen molar-refractivity contribution in [2.75, 3.05) is 5.75 Å². The van der Waals surface area contributed by atoms with Crippen LogP contribution in [0.1, 0.15) is 26.0 Å². The third kappa shape index (κ3) is 3.22. The molecule has 1 N–H and O–H groups in total. The largest absolute Gasteiger partial charge is 0.481 e. The van der Waals surface area contributed by atoms with Crippen LogP contribution in [-0.4, -0.2) is 31.6 Å². The van der Waals surface area contributed by atoms with Gasteiger partial charge in [0, 0.05) is 13.0 Å². The van der Waals surface area contributed by atoms with Crippen molar-refractivity contribution < 1.29 is 14.3 Å². The number of carbonyl (C=O) groups is 1. The highest BCUT2D eigenvalue weighted by molar-refractivity contribution is 7.99. The fourth-order valence-corrected chi connectivity index (χ4v) is 2.50. The molecule has 0 aromatic carbocycles. The van der Waals surface area contributed by atoms with E-state index in [9.17, 15) is 4.79 Å². The lowest BCUT2D eigenvalue weighted by atomic mass is 10.3. The van der Waals surface area contributed by atoms with Gasteiger partial charge in [0.25, 0.3) is 0 Å². The van der Waals surface area contributed by atoms with Gasteiger partial charge in [-0.2, -0.15) is 0 Å². The summed E-state index contributed by atoms with van der Waals surface area (Å²) < 4.78 is 7.60. The molecule has 0 saturated heterocycles. The Hall–Kier alpha value is -1.76. The highest BCUT2D eigenvalue weighted by atomic mass is 32.2. The summed E-state index contributed by atoms with van der Waals surface area (Å²) in [5.74, 6) is 1.32. The summed E-state index contributed by atoms with van der Waals surface area (Å²) in [6.45, 7) is 4.80. The second-order valence-electron chi connectivity index (χ2n) is 4.26. The highest BCUT2D eigenvalue weighted by Crippen LogP contribution is 2.26. The maximum absolute atomic E-state index is 10.7. The van der Waals surface area contributed by atoms with Crippen molar-refractivity contribution in [3.63, 3.8) is 0 Å². The Labute approximate surface area is 121 Å². The molecule has 0 radical (unpaired) electrons. The molecule has 0 aliphatic carbocycles. The van der Waals surface area contributed by atoms with E-state index in [0.29, 0.717) is 16.7 Å². The lowest BCUT2D eigenvalue weighted by Crippen LogP contribution is -2.04. The van der Waals surface area contributed by atoms with Gasteiger partial charge >= 0.3 is 5.97 Å². The molecule has 0 aliphatic heterocycles. The lowest BCUT2D eigenvalue weighted by Gasteiger charge is -2.06. The Balaban J connectivity index is 2.30. The van der Waals surface area contributed by atoms with E-state index in [1.807, 2.05) is 23.6 Å². The highest BCUT2D eigenvalue weighted by Gasteiger charge is 2.17. The molecule has 108 valence electrons. The number of nitrogens with zero attached hydrogens (tertiary/aromatic N) is 3. The summed E-state index contributed by atoms with van der Waals surface area (Å²) in [4.78, 5) is 10.7. The molecule has 7 heteroatoms. The van der Waals surface area contributed by atoms with Gasteiger partial charge in [0.2, 0.25) is 0 Å². The van der Waals surface area contributed by atoms with Crippen LogP contribution in [0.25, 0.3) is 11.6 Å². The van der Waals surface area contributed by atoms with Crippen LogP contribution >= 0.6 is 11.8 Å². The number of rotatable bonds is 7. The summed E-state index contributed by atoms with van der Waals surface area (Å²) >= 11 is 1.17. The van der Waals surface area contributed by atoms with E-state index in [1.54, 1.807) is 0 Å². The molecule has 0 fully saturated rings. The molecule has 6 nitrogen and oxygen atoms in total. The summed E-state index contributed by atoms with van der Waals surface area (Å²) in [6, 6.07) is 3.80. The molecular weight excluding hydrogens is 278 g/mol. The second kappa shape index (κ2) is 6.60. The molecule has 2 aromatic heterocycles. The predicted molar refractivity (Wildman–Crippen MR) is 75.8 cm³/mol. The first-order valence-corrected chi connectivity index (χ1v) is 7.51. The maximum Gasteiger partial charge on any atom is 0.313 e. The van der Waals surface area contributed by atoms with Crippen LogP contribution in [0.4, 0.5) is 0 Å². The third-order valence-electron chi connectivity index (χ3n) is 2.72. The minimum atomic E-state index is -0.867. The summed E-state index contributed by atoms with van der Waals surface area (Å²) in [7, 11) is 0. The van der Waals surface area contributed by atoms with Crippen molar-refractivity contribution >= 4 is 17.7 Å². The SMILES string of the molecule is CCCn1c(SCC(=O)O)nnc1-c1ccc(CC)o1. The molecular formula is C13H17N3O3S. The minimum Gasteiger partial charge on any atom is -0.481 e. The number of aryl methyl sites for hydroxylation is 1. The van der Waals surface area contributed by atoms with E-state index in [2.05, 4.69) is 17.1 Å². The zero-order valence-electron chi connectivity index (χ0n) is 11.5. The number of furan rings is 1. The number of hydrogen-bond donors (Lipinski definition) is 1. The Morgan fingerprint density at radius 2 is 2.20 bits per heavy atom. The van der Waals surface area contributed by atoms with E-state index in [4.69, 9.17) is 9.52 Å². The molecule has 0 unspecified atom stereocenters. The Kier molecular flexibility index (Phi) is 4.84. The zero-order chi connectivity index (χ0) is 14.5. The first-order valence-electron chi connectivity index (χ1n) is 6.52. The number of aliphatic carboxylic acids is 1. The van der Waals surface area contributed by atoms with Gasteiger partial charge in [-0.15, -0.1) is 10.2 Å². The minimum absolute atomic E-state index is 0.0276. The molecule has 2 aromatic rings. The summed E-state index contributed by atoms with van der Waals surface area (Å²) in [6.07, 6.45) is 1.73. The summed E-state index contributed by atoms with van der Waals surface area (Å²) in [5, 5.41) is 17.6. The van der Waals surface area contributed by atoms with Crippen LogP contribution in [-0.2, 0) is 17.8 Å². The molecule has 0 saturated carbocycles. The van der Waals surface area contributed by atoms with E-state index in [0.717, 1.165) is 25.1 Å². The number of carboxylic acid groups (broad SMARTS) is 1. The number of aromatic nitrogens is 3. The quantitative estimate of drug-likeness (QED) is 0.791. The average molecular weight is 295 g/mol. The van der Waals surface area contributed by atoms with E-state index in [1.165, 1.54) is 11.8 Å². The van der Waals surface area contributed by atoms with Gasteiger partial charge in [-0.1, -0.05) is 25.6 Å². The topological polar surface area (TPSA) is 81.2 Å². The Morgan fingerprint density at radius 3 is 2.80 bits per heavy atom. The molecule has 0 bridgehead atoms. The van der Waals surface area contributed by atoms with E-state index in [-0.39, 0.29) is 5.75 Å². The van der Waals surface area contributed by atoms with Crippen LogP contribution in [0.3, 0.4) is 0 Å². The standard InChI is InChI=1S/C13H17N3O3S/c1-3-7-16-12(10-6-5-9(4-2)19-10)14-15-13(16)20-8-11(17)18/h5-6H,3-4,7-8H2,1-2H3,(H,17,18). The summed E-state index contributed by atoms with van der Waals surface area (Å²) in [5.41, 5.74) is 0. The van der Waals surface area contributed by atoms with Crippen molar-refractivity contribution in [3.8, 4) is 11.6 Å². The monoisotopic (exact) mass is 295 g/mol. The van der Waals surface area contributed by atoms with Crippen molar-refractivity contribution in [1.29, 1.82) is 0 Å². The molecule has 0 aliphatic rings. The van der Waals surface area contributed by atoms with Crippen LogP contribution in [0.2, 0.25) is 0 Å². The molecule has 0 atom stereocenters. The number of carboxylic acids is 1. The van der Waals surface area contributed by atoms with Crippen molar-refractivity contribution in [2.24, 2.45) is 0 Å². The van der Waals surface area contributed by atoms with Gasteiger partial charge in [0.1, 0.15) is 5.76 Å². The van der Waals surface area contributed by atoms with E-state index >= 15 is 0 Å². The molecule has 0 spiro atoms. The fraction of sp³-hybridized carbons (Fsp3) is 0.462. The van der Waals surface area contributed by atoms with Crippen LogP contribution < -0.4 is 0 Å². The number of hydrogen-bond acceptors (Lipinski definition) is 5. The first-order chi connectivity index (χ1) is 9.65. The molecule has 0 amide bonds. The normalized spacial score (nSPS) is 10.9. The van der Waals surface area contributed by atoms with Crippen molar-refractivity contribution in [2.45, 2.75) is 38.4 Å². The smallest absolute Gasteiger partial charge is 0.313 e. The zero-order valence-corrected chi connectivity index (χ0v) is 12.3. The van der Waals surface area contributed by atoms with Gasteiger partial charge in [0.15, 0.2) is 16.7 Å². The Bertz CT molecular complexity index is 591. The first kappa shape index (κ1) is 14.6. The third-order valence-corrected chi connectivity index (χ3v) is 3.67. The van der Waals surface area contributed by atoms with Gasteiger partial charge in [0.05, 0.1) is 5.75 Å². The van der Waals surface area contributed by atoms with Gasteiger partial charge in [-0.25, -0.2) is 0 Å². The molecule has 2 heterocycles. The Morgan fingerprint density at radius 1 is 1.40 bits per heavy atom. The second-order valence-corrected chi connectivity index (χ2v) is 5.20. The molecule has 2 rings (SSSR count). The lowest BCUT2D eigenvalue weighted by molar-refractivity contribution is -0.133. The van der Waals surface area contributed by atoms with Gasteiger partial charge in [-0.3, -0.25) is 9.36 Å². The van der Waals surface area contributed by atoms with Crippen LogP contribution in [0.5, 0.6) is 0 Å². The van der Waals surface area contributed by atoms with Crippen molar-refractivity contribution in [3.05, 3.63) is 17.9 Å². The van der Waals surface area contributed by atoms with Crippen LogP contribution in [0.15, 0.2) is 21.7 Å². The fourth-order valence-electron chi connectivity index (χ4n) is 1.82. The maximum atomic E-state index is 10.7.